The Morgan fingerprint density at radius 1 is 1.19 bits per heavy atom. The van der Waals surface area contributed by atoms with E-state index in [2.05, 4.69) is 31.2 Å². The fourth-order valence-corrected chi connectivity index (χ4v) is 2.21. The Morgan fingerprint density at radius 3 is 2.43 bits per heavy atom. The molecule has 112 valence electrons. The number of hydrogen-bond acceptors (Lipinski definition) is 5. The molecule has 0 aliphatic heterocycles. The highest BCUT2D eigenvalue weighted by atomic mass is 79.9. The van der Waals surface area contributed by atoms with E-state index in [1.165, 1.54) is 6.33 Å². The Morgan fingerprint density at radius 2 is 1.86 bits per heavy atom. The normalized spacial score (nSPS) is 10.3. The molecule has 0 radical (unpaired) electrons. The largest absolute Gasteiger partial charge is 0.489 e. The molecule has 0 amide bonds. The van der Waals surface area contributed by atoms with E-state index in [0.29, 0.717) is 23.2 Å². The van der Waals surface area contributed by atoms with Gasteiger partial charge in [-0.2, -0.15) is 4.98 Å². The van der Waals surface area contributed by atoms with Gasteiger partial charge in [0.05, 0.1) is 7.11 Å². The first kappa shape index (κ1) is 15.6. The van der Waals surface area contributed by atoms with E-state index in [4.69, 9.17) is 9.47 Å². The smallest absolute Gasteiger partial charge is 0.268 e. The van der Waals surface area contributed by atoms with Crippen LogP contribution in [0.5, 0.6) is 17.4 Å². The molecule has 2 rings (SSSR count). The van der Waals surface area contributed by atoms with Crippen molar-refractivity contribution in [2.75, 3.05) is 19.0 Å². The minimum atomic E-state index is 0.393. The average molecular weight is 352 g/mol. The topological polar surface area (TPSA) is 56.3 Å². The van der Waals surface area contributed by atoms with Gasteiger partial charge in [0, 0.05) is 11.0 Å². The van der Waals surface area contributed by atoms with Gasteiger partial charge in [-0.3, -0.25) is 0 Å². The molecule has 0 atom stereocenters. The van der Waals surface area contributed by atoms with E-state index in [-0.39, 0.29) is 0 Å². The van der Waals surface area contributed by atoms with Crippen molar-refractivity contribution in [3.05, 3.63) is 34.1 Å². The number of ether oxygens (including phenoxy) is 2. The number of nitrogens with one attached hydrogen (secondary N) is 1. The number of hydrogen-bond donors (Lipinski definition) is 1. The van der Waals surface area contributed by atoms with E-state index < -0.39 is 0 Å². The number of halogens is 1. The molecule has 5 nitrogen and oxygen atoms in total. The maximum atomic E-state index is 5.87. The summed E-state index contributed by atoms with van der Waals surface area (Å²) in [4.78, 5) is 8.32. The van der Waals surface area contributed by atoms with Gasteiger partial charge in [0.15, 0.2) is 5.82 Å². The first-order chi connectivity index (χ1) is 10.1. The van der Waals surface area contributed by atoms with Crippen LogP contribution in [0.2, 0.25) is 0 Å². The molecule has 0 saturated carbocycles. The van der Waals surface area contributed by atoms with Crippen LogP contribution in [-0.4, -0.2) is 23.6 Å². The van der Waals surface area contributed by atoms with Crippen LogP contribution in [-0.2, 0) is 0 Å². The molecule has 2 aromatic rings. The van der Waals surface area contributed by atoms with E-state index >= 15 is 0 Å². The molecule has 0 unspecified atom stereocenters. The summed E-state index contributed by atoms with van der Waals surface area (Å²) >= 11 is 3.54. The van der Waals surface area contributed by atoms with E-state index in [0.717, 1.165) is 22.1 Å². The first-order valence-electron chi connectivity index (χ1n) is 6.64. The molecule has 1 aromatic carbocycles. The van der Waals surface area contributed by atoms with Crippen molar-refractivity contribution in [1.82, 2.24) is 9.97 Å². The molecule has 0 saturated heterocycles. The molecule has 1 heterocycles. The maximum absolute atomic E-state index is 5.87. The number of methoxy groups -OCH3 is 1. The second-order valence-electron chi connectivity index (χ2n) is 4.56. The number of rotatable bonds is 5. The summed E-state index contributed by atoms with van der Waals surface area (Å²) < 4.78 is 12.3. The zero-order valence-electron chi connectivity index (χ0n) is 12.5. The zero-order chi connectivity index (χ0) is 15.4. The second-order valence-corrected chi connectivity index (χ2v) is 5.36. The fraction of sp³-hybridized carbons (Fsp3) is 0.333. The van der Waals surface area contributed by atoms with Gasteiger partial charge in [-0.1, -0.05) is 15.9 Å². The van der Waals surface area contributed by atoms with Crippen LogP contribution in [0.1, 0.15) is 18.1 Å². The summed E-state index contributed by atoms with van der Waals surface area (Å²) in [6, 6.07) is 3.90. The van der Waals surface area contributed by atoms with E-state index in [9.17, 15) is 0 Å². The summed E-state index contributed by atoms with van der Waals surface area (Å²) in [6.07, 6.45) is 1.45. The highest BCUT2D eigenvalue weighted by Gasteiger charge is 2.14. The van der Waals surface area contributed by atoms with Crippen LogP contribution in [0.4, 0.5) is 5.82 Å². The molecule has 0 aliphatic rings. The third kappa shape index (κ3) is 3.44. The van der Waals surface area contributed by atoms with Crippen LogP contribution in [0.3, 0.4) is 0 Å². The third-order valence-electron chi connectivity index (χ3n) is 2.94. The molecule has 6 heteroatoms. The Balaban J connectivity index is 2.37. The van der Waals surface area contributed by atoms with Crippen LogP contribution >= 0.6 is 15.9 Å². The molecular weight excluding hydrogens is 334 g/mol. The highest BCUT2D eigenvalue weighted by Crippen LogP contribution is 2.35. The zero-order valence-corrected chi connectivity index (χ0v) is 14.1. The van der Waals surface area contributed by atoms with Gasteiger partial charge >= 0.3 is 0 Å². The lowest BCUT2D eigenvalue weighted by Crippen LogP contribution is -2.04. The van der Waals surface area contributed by atoms with Gasteiger partial charge in [-0.25, -0.2) is 4.98 Å². The standard InChI is InChI=1S/C15H18BrN3O2/c1-5-17-14-13(20-4)15(19-8-18-14)21-11-6-9(2)12(16)10(3)7-11/h6-8H,5H2,1-4H3,(H,17,18,19). The molecule has 0 fully saturated rings. The Bertz CT molecular complexity index is 624. The lowest BCUT2D eigenvalue weighted by molar-refractivity contribution is 0.369. The molecule has 1 N–H and O–H groups in total. The van der Waals surface area contributed by atoms with Crippen molar-refractivity contribution in [3.63, 3.8) is 0 Å². The number of aromatic nitrogens is 2. The highest BCUT2D eigenvalue weighted by molar-refractivity contribution is 9.10. The van der Waals surface area contributed by atoms with Crippen LogP contribution in [0.25, 0.3) is 0 Å². The molecular formula is C15H18BrN3O2. The summed E-state index contributed by atoms with van der Waals surface area (Å²) in [6.45, 7) is 6.77. The van der Waals surface area contributed by atoms with Crippen LogP contribution in [0.15, 0.2) is 22.9 Å². The quantitative estimate of drug-likeness (QED) is 0.878. The molecule has 0 aliphatic carbocycles. The van der Waals surface area contributed by atoms with Gasteiger partial charge < -0.3 is 14.8 Å². The fourth-order valence-electron chi connectivity index (χ4n) is 1.98. The van der Waals surface area contributed by atoms with E-state index in [1.807, 2.05) is 32.9 Å². The van der Waals surface area contributed by atoms with Crippen molar-refractivity contribution < 1.29 is 9.47 Å². The van der Waals surface area contributed by atoms with Gasteiger partial charge in [0.1, 0.15) is 12.1 Å². The minimum absolute atomic E-state index is 0.393. The SMILES string of the molecule is CCNc1ncnc(Oc2cc(C)c(Br)c(C)c2)c1OC. The maximum Gasteiger partial charge on any atom is 0.268 e. The Labute approximate surface area is 132 Å². The number of nitrogens with zero attached hydrogens (tertiary/aromatic N) is 2. The lowest BCUT2D eigenvalue weighted by Gasteiger charge is -2.13. The van der Waals surface area contributed by atoms with Crippen molar-refractivity contribution in [2.45, 2.75) is 20.8 Å². The van der Waals surface area contributed by atoms with Gasteiger partial charge in [0.2, 0.25) is 5.75 Å². The summed E-state index contributed by atoms with van der Waals surface area (Å²) in [5.74, 6) is 2.23. The summed E-state index contributed by atoms with van der Waals surface area (Å²) in [5, 5.41) is 3.12. The molecule has 0 bridgehead atoms. The van der Waals surface area contributed by atoms with Crippen molar-refractivity contribution in [1.29, 1.82) is 0 Å². The van der Waals surface area contributed by atoms with Crippen molar-refractivity contribution in [3.8, 4) is 17.4 Å². The van der Waals surface area contributed by atoms with Gasteiger partial charge in [-0.15, -0.1) is 0 Å². The predicted octanol–water partition coefficient (Wildman–Crippen LogP) is 4.09. The first-order valence-corrected chi connectivity index (χ1v) is 7.43. The van der Waals surface area contributed by atoms with Crippen LogP contribution in [0, 0.1) is 13.8 Å². The van der Waals surface area contributed by atoms with Gasteiger partial charge in [-0.05, 0) is 44.0 Å². The minimum Gasteiger partial charge on any atom is -0.489 e. The molecule has 1 aromatic heterocycles. The Kier molecular flexibility index (Phi) is 5.01. The monoisotopic (exact) mass is 351 g/mol. The predicted molar refractivity (Wildman–Crippen MR) is 86.4 cm³/mol. The number of anilines is 1. The lowest BCUT2D eigenvalue weighted by atomic mass is 10.1. The average Bonchev–Trinajstić information content (AvgIpc) is 2.45. The molecule has 0 spiro atoms. The van der Waals surface area contributed by atoms with Crippen LogP contribution < -0.4 is 14.8 Å². The second kappa shape index (κ2) is 6.76. The third-order valence-corrected chi connectivity index (χ3v) is 4.19. The number of benzene rings is 1. The van der Waals surface area contributed by atoms with Gasteiger partial charge in [0.25, 0.3) is 5.88 Å². The van der Waals surface area contributed by atoms with E-state index in [1.54, 1.807) is 7.11 Å². The summed E-state index contributed by atoms with van der Waals surface area (Å²) in [7, 11) is 1.57. The number of aryl methyl sites for hydroxylation is 2. The Hall–Kier alpha value is -1.82. The van der Waals surface area contributed by atoms with Crippen molar-refractivity contribution >= 4 is 21.7 Å². The molecule has 21 heavy (non-hydrogen) atoms. The van der Waals surface area contributed by atoms with Crippen molar-refractivity contribution in [2.24, 2.45) is 0 Å². The summed E-state index contributed by atoms with van der Waals surface area (Å²) in [5.41, 5.74) is 2.20.